The van der Waals surface area contributed by atoms with E-state index in [0.29, 0.717) is 11.3 Å². The molecule has 1 unspecified atom stereocenters. The quantitative estimate of drug-likeness (QED) is 0.155. The number of aromatic amines is 1. The van der Waals surface area contributed by atoms with E-state index in [1.807, 2.05) is 36.4 Å². The van der Waals surface area contributed by atoms with Crippen molar-refractivity contribution in [3.05, 3.63) is 119 Å². The van der Waals surface area contributed by atoms with Gasteiger partial charge in [-0.1, -0.05) is 30.3 Å². The van der Waals surface area contributed by atoms with E-state index >= 15 is 0 Å². The number of carbonyl (C=O) groups excluding carboxylic acids is 1. The van der Waals surface area contributed by atoms with Crippen LogP contribution in [0.1, 0.15) is 46.1 Å². The molecule has 0 saturated carbocycles. The van der Waals surface area contributed by atoms with Gasteiger partial charge in [-0.05, 0) is 90.0 Å². The van der Waals surface area contributed by atoms with Gasteiger partial charge in [-0.25, -0.2) is 4.39 Å². The molecule has 1 aliphatic rings. The van der Waals surface area contributed by atoms with E-state index in [-0.39, 0.29) is 28.5 Å². The normalized spacial score (nSPS) is 15.0. The van der Waals surface area contributed by atoms with E-state index in [9.17, 15) is 27.5 Å². The van der Waals surface area contributed by atoms with Crippen molar-refractivity contribution in [2.75, 3.05) is 18.0 Å². The van der Waals surface area contributed by atoms with E-state index in [0.717, 1.165) is 72.9 Å². The number of carbonyl (C=O) groups is 1. The third-order valence-corrected chi connectivity index (χ3v) is 8.07. The summed E-state index contributed by atoms with van der Waals surface area (Å²) in [6, 6.07) is 21.8. The van der Waals surface area contributed by atoms with E-state index in [1.54, 1.807) is 18.2 Å². The number of piperidine rings is 1. The number of nitrogens with one attached hydrogen (secondary N) is 2. The Balaban J connectivity index is 1.36. The molecule has 4 aromatic carbocycles. The number of halogens is 4. The molecule has 226 valence electrons. The van der Waals surface area contributed by atoms with Crippen molar-refractivity contribution in [2.45, 2.75) is 31.1 Å². The summed E-state index contributed by atoms with van der Waals surface area (Å²) < 4.78 is 56.4. The number of amides is 1. The number of anilines is 1. The van der Waals surface area contributed by atoms with Gasteiger partial charge in [-0.15, -0.1) is 0 Å². The first kappa shape index (κ1) is 29.3. The first-order valence-corrected chi connectivity index (χ1v) is 14.3. The summed E-state index contributed by atoms with van der Waals surface area (Å²) in [4.78, 5) is 19.0. The number of fused-ring (bicyclic) bond motifs is 1. The third kappa shape index (κ3) is 6.12. The fourth-order valence-electron chi connectivity index (χ4n) is 5.66. The Morgan fingerprint density at radius 1 is 0.932 bits per heavy atom. The molecular weight excluding hydrogens is 572 g/mol. The highest BCUT2D eigenvalue weighted by Gasteiger charge is 2.33. The van der Waals surface area contributed by atoms with Crippen molar-refractivity contribution in [1.29, 1.82) is 0 Å². The molecular formula is C34H30F4N4O2. The average molecular weight is 603 g/mol. The Morgan fingerprint density at radius 2 is 1.66 bits per heavy atom. The van der Waals surface area contributed by atoms with E-state index in [1.165, 1.54) is 6.07 Å². The smallest absolute Gasteiger partial charge is 0.416 e. The first-order valence-electron chi connectivity index (χ1n) is 14.3. The Bertz CT molecular complexity index is 1780. The van der Waals surface area contributed by atoms with Gasteiger partial charge < -0.3 is 26.0 Å². The zero-order valence-electron chi connectivity index (χ0n) is 23.5. The fourth-order valence-corrected chi connectivity index (χ4v) is 5.66. The summed E-state index contributed by atoms with van der Waals surface area (Å²) in [7, 11) is 0. The Hall–Kier alpha value is -4.83. The van der Waals surface area contributed by atoms with Gasteiger partial charge in [0.05, 0.1) is 11.6 Å². The maximum Gasteiger partial charge on any atom is 0.416 e. The molecule has 1 aliphatic heterocycles. The molecule has 1 saturated heterocycles. The van der Waals surface area contributed by atoms with Gasteiger partial charge in [0.25, 0.3) is 5.91 Å². The number of aromatic hydroxyl groups is 1. The van der Waals surface area contributed by atoms with Crippen LogP contribution >= 0.6 is 0 Å². The monoisotopic (exact) mass is 602 g/mol. The van der Waals surface area contributed by atoms with E-state index in [2.05, 4.69) is 15.2 Å². The number of para-hydroxylation sites is 1. The number of hydrogen-bond donors (Lipinski definition) is 4. The minimum atomic E-state index is -4.71. The SMILES string of the molecule is NC1CCN(c2ccc(-c3cc(C(=O)NC(c4cc5ccccc5[nH]4)c4cc(F)ccc4O)cc(C(F)(F)F)c3)cc2)CC1. The molecule has 2 heterocycles. The van der Waals surface area contributed by atoms with Crippen LogP contribution in [0, 0.1) is 5.82 Å². The Morgan fingerprint density at radius 3 is 2.36 bits per heavy atom. The van der Waals surface area contributed by atoms with Gasteiger partial charge in [-0.3, -0.25) is 4.79 Å². The minimum Gasteiger partial charge on any atom is -0.508 e. The molecule has 6 nitrogen and oxygen atoms in total. The molecule has 1 atom stereocenters. The summed E-state index contributed by atoms with van der Waals surface area (Å²) in [5.41, 5.74) is 7.66. The van der Waals surface area contributed by atoms with Crippen LogP contribution in [0.15, 0.2) is 91.0 Å². The second-order valence-electron chi connectivity index (χ2n) is 11.1. The number of nitrogens with zero attached hydrogens (tertiary/aromatic N) is 1. The highest BCUT2D eigenvalue weighted by Crippen LogP contribution is 2.36. The van der Waals surface area contributed by atoms with Gasteiger partial charge in [0.1, 0.15) is 11.6 Å². The zero-order valence-corrected chi connectivity index (χ0v) is 23.5. The third-order valence-electron chi connectivity index (χ3n) is 8.07. The average Bonchev–Trinajstić information content (AvgIpc) is 3.45. The summed E-state index contributed by atoms with van der Waals surface area (Å²) >= 11 is 0. The van der Waals surface area contributed by atoms with Gasteiger partial charge in [0.15, 0.2) is 0 Å². The number of rotatable bonds is 6. The number of phenolic OH excluding ortho intramolecular Hbond substituents is 1. The van der Waals surface area contributed by atoms with Crippen LogP contribution < -0.4 is 16.0 Å². The standard InChI is InChI=1S/C34H30F4N4O2/c35-25-7-10-31(43)28(19-25)32(30-18-21-3-1-2-4-29(21)40-30)41-33(44)23-15-22(16-24(17-23)34(36,37)38)20-5-8-27(9-6-20)42-13-11-26(39)12-14-42/h1-10,15-19,26,32,40,43H,11-14,39H2,(H,41,44). The van der Waals surface area contributed by atoms with Crippen molar-refractivity contribution in [1.82, 2.24) is 10.3 Å². The van der Waals surface area contributed by atoms with Gasteiger partial charge in [0, 0.05) is 47.2 Å². The number of alkyl halides is 3. The van der Waals surface area contributed by atoms with Gasteiger partial charge in [-0.2, -0.15) is 13.2 Å². The number of phenols is 1. The lowest BCUT2D eigenvalue weighted by Gasteiger charge is -2.32. The molecule has 1 aromatic heterocycles. The molecule has 1 fully saturated rings. The van der Waals surface area contributed by atoms with Crippen LogP contribution in [-0.2, 0) is 6.18 Å². The Labute approximate surface area is 251 Å². The van der Waals surface area contributed by atoms with E-state index in [4.69, 9.17) is 5.73 Å². The molecule has 0 spiro atoms. The molecule has 10 heteroatoms. The minimum absolute atomic E-state index is 0.0476. The van der Waals surface area contributed by atoms with Crippen LogP contribution in [0.25, 0.3) is 22.0 Å². The van der Waals surface area contributed by atoms with Crippen LogP contribution in [0.2, 0.25) is 0 Å². The summed E-state index contributed by atoms with van der Waals surface area (Å²) in [5, 5.41) is 14.1. The molecule has 6 rings (SSSR count). The van der Waals surface area contributed by atoms with Crippen molar-refractivity contribution in [3.63, 3.8) is 0 Å². The van der Waals surface area contributed by atoms with Crippen LogP contribution in [0.3, 0.4) is 0 Å². The van der Waals surface area contributed by atoms with Crippen molar-refractivity contribution in [3.8, 4) is 16.9 Å². The molecule has 1 amide bonds. The van der Waals surface area contributed by atoms with Crippen LogP contribution in [-0.4, -0.2) is 35.1 Å². The largest absolute Gasteiger partial charge is 0.508 e. The Kier molecular flexibility index (Phi) is 7.77. The second-order valence-corrected chi connectivity index (χ2v) is 11.1. The summed E-state index contributed by atoms with van der Waals surface area (Å²) in [6.45, 7) is 1.60. The van der Waals surface area contributed by atoms with Crippen molar-refractivity contribution < 1.29 is 27.5 Å². The highest BCUT2D eigenvalue weighted by atomic mass is 19.4. The van der Waals surface area contributed by atoms with Gasteiger partial charge >= 0.3 is 6.18 Å². The van der Waals surface area contributed by atoms with Gasteiger partial charge in [0.2, 0.25) is 0 Å². The molecule has 0 radical (unpaired) electrons. The molecule has 5 aromatic rings. The lowest BCUT2D eigenvalue weighted by atomic mass is 9.97. The lowest BCUT2D eigenvalue weighted by molar-refractivity contribution is -0.137. The number of H-pyrrole nitrogens is 1. The predicted molar refractivity (Wildman–Crippen MR) is 162 cm³/mol. The number of benzene rings is 4. The summed E-state index contributed by atoms with van der Waals surface area (Å²) in [6.07, 6.45) is -2.99. The van der Waals surface area contributed by atoms with Crippen LogP contribution in [0.5, 0.6) is 5.75 Å². The van der Waals surface area contributed by atoms with Crippen LogP contribution in [0.4, 0.5) is 23.2 Å². The summed E-state index contributed by atoms with van der Waals surface area (Å²) in [5.74, 6) is -1.76. The maximum atomic E-state index is 14.3. The topological polar surface area (TPSA) is 94.4 Å². The molecule has 0 bridgehead atoms. The first-order chi connectivity index (χ1) is 21.0. The number of nitrogens with two attached hydrogens (primary N) is 1. The number of aromatic nitrogens is 1. The van der Waals surface area contributed by atoms with Crippen molar-refractivity contribution >= 4 is 22.5 Å². The molecule has 0 aliphatic carbocycles. The molecule has 5 N–H and O–H groups in total. The zero-order chi connectivity index (χ0) is 31.0. The number of hydrogen-bond acceptors (Lipinski definition) is 4. The lowest BCUT2D eigenvalue weighted by Crippen LogP contribution is -2.39. The highest BCUT2D eigenvalue weighted by molar-refractivity contribution is 5.96. The maximum absolute atomic E-state index is 14.3. The second kappa shape index (κ2) is 11.7. The predicted octanol–water partition coefficient (Wildman–Crippen LogP) is 7.15. The van der Waals surface area contributed by atoms with E-state index < -0.39 is 29.5 Å². The fraction of sp³-hybridized carbons (Fsp3) is 0.206. The molecule has 44 heavy (non-hydrogen) atoms. The van der Waals surface area contributed by atoms with Crippen molar-refractivity contribution in [2.24, 2.45) is 5.73 Å².